The summed E-state index contributed by atoms with van der Waals surface area (Å²) in [5.41, 5.74) is 11.1. The molecule has 0 bridgehead atoms. The van der Waals surface area contributed by atoms with E-state index in [4.69, 9.17) is 10.6 Å². The first-order valence-corrected chi connectivity index (χ1v) is 18.3. The van der Waals surface area contributed by atoms with Gasteiger partial charge in [0, 0.05) is 18.1 Å². The SMILES string of the molecule is CCCCCCCCCCCCCCCCCc1cn(CCCCOn2cnc3c(N)nc4ccc(CCCC)cc4c32)nn1. The van der Waals surface area contributed by atoms with Crippen molar-refractivity contribution in [2.75, 3.05) is 12.3 Å². The first-order valence-electron chi connectivity index (χ1n) is 18.3. The molecule has 1 aromatic carbocycles. The standard InChI is InChI=1S/C37H59N7O/c1-3-5-7-8-9-10-11-12-13-14-15-16-17-18-19-23-32-29-43(42-41-32)26-20-21-27-45-44-30-39-35-36(44)33-28-31(22-6-4-2)24-25-34(33)40-37(35)38/h24-25,28-30H,3-23,26-27H2,1-2H3,(H2,38,40). The van der Waals surface area contributed by atoms with Gasteiger partial charge in [-0.3, -0.25) is 4.68 Å². The van der Waals surface area contributed by atoms with Gasteiger partial charge in [0.2, 0.25) is 0 Å². The molecule has 4 rings (SSSR count). The van der Waals surface area contributed by atoms with Gasteiger partial charge in [0.15, 0.2) is 5.82 Å². The van der Waals surface area contributed by atoms with Crippen molar-refractivity contribution in [2.24, 2.45) is 0 Å². The fourth-order valence-corrected chi connectivity index (χ4v) is 6.23. The van der Waals surface area contributed by atoms with Gasteiger partial charge in [0.05, 0.1) is 11.2 Å². The van der Waals surface area contributed by atoms with Crippen molar-refractivity contribution >= 4 is 27.8 Å². The zero-order valence-corrected chi connectivity index (χ0v) is 28.3. The van der Waals surface area contributed by atoms with Gasteiger partial charge in [-0.1, -0.05) is 121 Å². The van der Waals surface area contributed by atoms with Crippen molar-refractivity contribution in [3.8, 4) is 0 Å². The van der Waals surface area contributed by atoms with Gasteiger partial charge in [-0.2, -0.15) is 4.73 Å². The monoisotopic (exact) mass is 617 g/mol. The number of nitrogens with zero attached hydrogens (tertiary/aromatic N) is 6. The van der Waals surface area contributed by atoms with E-state index in [1.807, 2.05) is 4.68 Å². The van der Waals surface area contributed by atoms with Crippen LogP contribution in [0.5, 0.6) is 0 Å². The minimum absolute atomic E-state index is 0.437. The highest BCUT2D eigenvalue weighted by molar-refractivity contribution is 6.06. The predicted octanol–water partition coefficient (Wildman–Crippen LogP) is 9.42. The van der Waals surface area contributed by atoms with Crippen molar-refractivity contribution in [1.29, 1.82) is 0 Å². The number of nitrogens with two attached hydrogens (primary N) is 1. The summed E-state index contributed by atoms with van der Waals surface area (Å²) in [6.45, 7) is 5.94. The number of benzene rings is 1. The normalized spacial score (nSPS) is 11.7. The van der Waals surface area contributed by atoms with Crippen LogP contribution < -0.4 is 10.6 Å². The summed E-state index contributed by atoms with van der Waals surface area (Å²) >= 11 is 0. The molecule has 0 amide bonds. The number of pyridine rings is 1. The molecule has 0 spiro atoms. The highest BCUT2D eigenvalue weighted by atomic mass is 16.7. The quantitative estimate of drug-likeness (QED) is 0.0744. The maximum Gasteiger partial charge on any atom is 0.152 e. The molecule has 3 heterocycles. The first-order chi connectivity index (χ1) is 22.2. The van der Waals surface area contributed by atoms with E-state index in [2.05, 4.69) is 58.5 Å². The van der Waals surface area contributed by atoms with E-state index in [1.165, 1.54) is 115 Å². The summed E-state index contributed by atoms with van der Waals surface area (Å²) in [7, 11) is 0. The average molecular weight is 618 g/mol. The minimum atomic E-state index is 0.437. The van der Waals surface area contributed by atoms with E-state index in [9.17, 15) is 0 Å². The molecule has 0 radical (unpaired) electrons. The van der Waals surface area contributed by atoms with Crippen LogP contribution >= 0.6 is 0 Å². The van der Waals surface area contributed by atoms with E-state index in [-0.39, 0.29) is 0 Å². The lowest BCUT2D eigenvalue weighted by molar-refractivity contribution is 0.115. The van der Waals surface area contributed by atoms with E-state index in [0.717, 1.165) is 54.3 Å². The minimum Gasteiger partial charge on any atom is -0.412 e. The molecule has 8 heteroatoms. The second-order valence-corrected chi connectivity index (χ2v) is 12.9. The molecule has 3 aromatic heterocycles. The number of aromatic nitrogens is 6. The number of unbranched alkanes of at least 4 members (excludes halogenated alkanes) is 16. The second kappa shape index (κ2) is 20.1. The van der Waals surface area contributed by atoms with Crippen LogP contribution in [0.15, 0.2) is 30.7 Å². The van der Waals surface area contributed by atoms with Gasteiger partial charge in [0.25, 0.3) is 0 Å². The molecule has 2 N–H and O–H groups in total. The van der Waals surface area contributed by atoms with Crippen LogP contribution in [-0.2, 0) is 19.4 Å². The molecular formula is C37H59N7O. The van der Waals surface area contributed by atoms with Crippen LogP contribution in [-0.4, -0.2) is 36.3 Å². The second-order valence-electron chi connectivity index (χ2n) is 12.9. The van der Waals surface area contributed by atoms with Crippen LogP contribution in [0, 0.1) is 0 Å². The summed E-state index contributed by atoms with van der Waals surface area (Å²) in [6.07, 6.45) is 31.0. The van der Waals surface area contributed by atoms with Crippen molar-refractivity contribution in [2.45, 2.75) is 155 Å². The zero-order chi connectivity index (χ0) is 31.5. The average Bonchev–Trinajstić information content (AvgIpc) is 3.69. The maximum atomic E-state index is 6.23. The highest BCUT2D eigenvalue weighted by Crippen LogP contribution is 2.28. The molecule has 45 heavy (non-hydrogen) atoms. The highest BCUT2D eigenvalue weighted by Gasteiger charge is 2.14. The summed E-state index contributed by atoms with van der Waals surface area (Å²) < 4.78 is 3.75. The molecule has 0 unspecified atom stereocenters. The lowest BCUT2D eigenvalue weighted by atomic mass is 10.0. The number of hydrogen-bond donors (Lipinski definition) is 1. The van der Waals surface area contributed by atoms with Gasteiger partial charge in [-0.05, 0) is 56.2 Å². The van der Waals surface area contributed by atoms with Crippen LogP contribution in [0.4, 0.5) is 5.82 Å². The van der Waals surface area contributed by atoms with Crippen LogP contribution in [0.1, 0.15) is 147 Å². The lowest BCUT2D eigenvalue weighted by Gasteiger charge is -2.10. The molecule has 0 aliphatic carbocycles. The third-order valence-corrected chi connectivity index (χ3v) is 8.99. The van der Waals surface area contributed by atoms with Crippen molar-refractivity contribution in [3.05, 3.63) is 42.0 Å². The topological polar surface area (TPSA) is 96.7 Å². The summed E-state index contributed by atoms with van der Waals surface area (Å²) in [4.78, 5) is 15.2. The van der Waals surface area contributed by atoms with E-state index in [0.29, 0.717) is 17.9 Å². The van der Waals surface area contributed by atoms with Gasteiger partial charge < -0.3 is 10.6 Å². The Morgan fingerprint density at radius 1 is 0.733 bits per heavy atom. The number of aryl methyl sites for hydroxylation is 3. The number of fused-ring (bicyclic) bond motifs is 3. The Bertz CT molecular complexity index is 1380. The Labute approximate surface area is 271 Å². The fraction of sp³-hybridized carbons (Fsp3) is 0.676. The zero-order valence-electron chi connectivity index (χ0n) is 28.3. The molecule has 0 saturated carbocycles. The molecule has 248 valence electrons. The molecule has 4 aromatic rings. The van der Waals surface area contributed by atoms with Crippen molar-refractivity contribution in [1.82, 2.24) is 29.7 Å². The first kappa shape index (κ1) is 34.7. The third kappa shape index (κ3) is 11.6. The smallest absolute Gasteiger partial charge is 0.152 e. The van der Waals surface area contributed by atoms with Gasteiger partial charge >= 0.3 is 0 Å². The number of hydrogen-bond acceptors (Lipinski definition) is 6. The number of rotatable bonds is 25. The van der Waals surface area contributed by atoms with Crippen LogP contribution in [0.2, 0.25) is 0 Å². The Morgan fingerprint density at radius 3 is 2.09 bits per heavy atom. The van der Waals surface area contributed by atoms with Gasteiger partial charge in [0.1, 0.15) is 24.0 Å². The molecule has 0 fully saturated rings. The summed E-state index contributed by atoms with van der Waals surface area (Å²) in [6, 6.07) is 6.41. The van der Waals surface area contributed by atoms with Crippen LogP contribution in [0.3, 0.4) is 0 Å². The maximum absolute atomic E-state index is 6.23. The lowest BCUT2D eigenvalue weighted by Crippen LogP contribution is -2.13. The Balaban J connectivity index is 1.06. The fourth-order valence-electron chi connectivity index (χ4n) is 6.23. The van der Waals surface area contributed by atoms with Crippen LogP contribution in [0.25, 0.3) is 21.9 Å². The molecule has 0 atom stereocenters. The third-order valence-electron chi connectivity index (χ3n) is 8.99. The predicted molar refractivity (Wildman–Crippen MR) is 187 cm³/mol. The number of imidazole rings is 1. The summed E-state index contributed by atoms with van der Waals surface area (Å²) in [5, 5.41) is 9.80. The van der Waals surface area contributed by atoms with Gasteiger partial charge in [-0.15, -0.1) is 5.10 Å². The molecule has 0 aliphatic rings. The largest absolute Gasteiger partial charge is 0.412 e. The van der Waals surface area contributed by atoms with Gasteiger partial charge in [-0.25, -0.2) is 9.97 Å². The molecule has 0 aliphatic heterocycles. The molecule has 0 saturated heterocycles. The van der Waals surface area contributed by atoms with Crippen molar-refractivity contribution < 1.29 is 4.84 Å². The molecular weight excluding hydrogens is 558 g/mol. The Kier molecular flexibility index (Phi) is 15.5. The van der Waals surface area contributed by atoms with Crippen molar-refractivity contribution in [3.63, 3.8) is 0 Å². The molecule has 8 nitrogen and oxygen atoms in total. The van der Waals surface area contributed by atoms with E-state index < -0.39 is 0 Å². The van der Waals surface area contributed by atoms with E-state index >= 15 is 0 Å². The Morgan fingerprint density at radius 2 is 1.40 bits per heavy atom. The number of nitrogen functional groups attached to an aromatic ring is 1. The Hall–Kier alpha value is -3.16. The summed E-state index contributed by atoms with van der Waals surface area (Å²) in [5.74, 6) is 0.437. The number of anilines is 1. The van der Waals surface area contributed by atoms with E-state index in [1.54, 1.807) is 11.1 Å².